The molecule has 5 aromatic carbocycles. The average Bonchev–Trinajstić information content (AvgIpc) is 3.17. The van der Waals surface area contributed by atoms with Gasteiger partial charge in [-0.3, -0.25) is 13.6 Å². The molecule has 1 aliphatic rings. The lowest BCUT2D eigenvalue weighted by atomic mass is 9.81. The van der Waals surface area contributed by atoms with E-state index in [2.05, 4.69) is 6.92 Å². The van der Waals surface area contributed by atoms with E-state index in [-0.39, 0.29) is 25.2 Å². The second-order valence-corrected chi connectivity index (χ2v) is 14.2. The Labute approximate surface area is 295 Å². The lowest BCUT2D eigenvalue weighted by Crippen LogP contribution is -2.56. The first kappa shape index (κ1) is 35.9. The van der Waals surface area contributed by atoms with Crippen LogP contribution in [0.15, 0.2) is 152 Å². The van der Waals surface area contributed by atoms with Gasteiger partial charge in [0.05, 0.1) is 45.2 Å². The smallest absolute Gasteiger partial charge is 0.370 e. The Balaban J connectivity index is 1.30. The number of phosphoric ester groups is 1. The highest BCUT2D eigenvalue weighted by Crippen LogP contribution is 2.54. The third kappa shape index (κ3) is 10.5. The van der Waals surface area contributed by atoms with Crippen molar-refractivity contribution >= 4 is 7.82 Å². The summed E-state index contributed by atoms with van der Waals surface area (Å²) in [7, 11) is -4.14. The van der Waals surface area contributed by atoms with E-state index in [1.165, 1.54) is 0 Å². The quantitative estimate of drug-likeness (QED) is 0.0899. The summed E-state index contributed by atoms with van der Waals surface area (Å²) >= 11 is 0. The molecule has 0 bridgehead atoms. The molecule has 50 heavy (non-hydrogen) atoms. The first-order valence-corrected chi connectivity index (χ1v) is 18.6. The SMILES string of the molecule is CC1CC(OP(=O)(OCc2ccccc2)OCc2ccccc2)[C@@H](OCc2ccccc2)C(OCc2ccccc2)C1OCc1ccccc1. The highest BCUT2D eigenvalue weighted by atomic mass is 31.2. The lowest BCUT2D eigenvalue weighted by molar-refractivity contribution is -0.214. The van der Waals surface area contributed by atoms with Gasteiger partial charge in [-0.2, -0.15) is 0 Å². The lowest BCUT2D eigenvalue weighted by Gasteiger charge is -2.45. The molecule has 0 spiro atoms. The van der Waals surface area contributed by atoms with Crippen molar-refractivity contribution in [1.29, 1.82) is 0 Å². The Morgan fingerprint density at radius 3 is 1.16 bits per heavy atom. The molecule has 0 aromatic heterocycles. The van der Waals surface area contributed by atoms with E-state index in [1.54, 1.807) is 0 Å². The summed E-state index contributed by atoms with van der Waals surface area (Å²) < 4.78 is 53.4. The normalized spacial score (nSPS) is 20.8. The molecular weight excluding hydrogens is 647 g/mol. The topological polar surface area (TPSA) is 72.5 Å². The van der Waals surface area contributed by atoms with Crippen molar-refractivity contribution in [1.82, 2.24) is 0 Å². The van der Waals surface area contributed by atoms with Crippen molar-refractivity contribution in [3.63, 3.8) is 0 Å². The first-order chi connectivity index (χ1) is 24.5. The minimum atomic E-state index is -4.14. The van der Waals surface area contributed by atoms with Gasteiger partial charge in [0.25, 0.3) is 0 Å². The summed E-state index contributed by atoms with van der Waals surface area (Å²) in [4.78, 5) is 0. The number of hydrogen-bond acceptors (Lipinski definition) is 7. The summed E-state index contributed by atoms with van der Waals surface area (Å²) in [6.45, 7) is 3.28. The van der Waals surface area contributed by atoms with E-state index in [0.29, 0.717) is 26.2 Å². The van der Waals surface area contributed by atoms with Crippen molar-refractivity contribution in [3.05, 3.63) is 179 Å². The molecule has 5 atom stereocenters. The molecular formula is C42H45O7P. The number of phosphoric acid groups is 1. The molecule has 0 N–H and O–H groups in total. The van der Waals surface area contributed by atoms with Gasteiger partial charge < -0.3 is 14.2 Å². The maximum Gasteiger partial charge on any atom is 0.475 e. The third-order valence-corrected chi connectivity index (χ3v) is 10.2. The van der Waals surface area contributed by atoms with Gasteiger partial charge in [0, 0.05) is 0 Å². The molecule has 0 heterocycles. The fraction of sp³-hybridized carbons (Fsp3) is 0.286. The molecule has 4 unspecified atom stereocenters. The summed E-state index contributed by atoms with van der Waals surface area (Å²) in [5.41, 5.74) is 4.79. The standard InChI is InChI=1S/C42H45O7P/c1-33-27-39(49-50(43,47-31-37-23-13-5-14-24-37)48-32-38-25-15-6-16-26-38)41(45-29-35-19-9-3-10-20-35)42(46-30-36-21-11-4-12-22-36)40(33)44-28-34-17-7-2-8-18-34/h2-26,33,39-42H,27-32H2,1H3/t33?,39?,40?,41-,42?/m1/s1. The number of hydrogen-bond donors (Lipinski definition) is 0. The van der Waals surface area contributed by atoms with Gasteiger partial charge in [-0.15, -0.1) is 0 Å². The van der Waals surface area contributed by atoms with E-state index < -0.39 is 26.1 Å². The third-order valence-electron chi connectivity index (χ3n) is 8.76. The zero-order chi connectivity index (χ0) is 34.4. The molecule has 0 saturated heterocycles. The summed E-state index contributed by atoms with van der Waals surface area (Å²) in [5.74, 6) is -0.0437. The van der Waals surface area contributed by atoms with E-state index >= 15 is 0 Å². The van der Waals surface area contributed by atoms with Crippen LogP contribution < -0.4 is 0 Å². The molecule has 5 aromatic rings. The second kappa shape index (κ2) is 18.4. The maximum absolute atomic E-state index is 14.6. The molecule has 260 valence electrons. The van der Waals surface area contributed by atoms with Gasteiger partial charge in [0.15, 0.2) is 0 Å². The molecule has 1 saturated carbocycles. The second-order valence-electron chi connectivity index (χ2n) is 12.6. The van der Waals surface area contributed by atoms with Crippen molar-refractivity contribution < 1.29 is 32.3 Å². The Morgan fingerprint density at radius 1 is 0.460 bits per heavy atom. The summed E-state index contributed by atoms with van der Waals surface area (Å²) in [5, 5.41) is 0. The van der Waals surface area contributed by atoms with Gasteiger partial charge in [0.1, 0.15) is 12.2 Å². The minimum absolute atomic E-state index is 0.0437. The minimum Gasteiger partial charge on any atom is -0.370 e. The predicted molar refractivity (Wildman–Crippen MR) is 194 cm³/mol. The summed E-state index contributed by atoms with van der Waals surface area (Å²) in [6.07, 6.45) is -1.77. The van der Waals surface area contributed by atoms with Crippen LogP contribution in [0.4, 0.5) is 0 Å². The monoisotopic (exact) mass is 692 g/mol. The van der Waals surface area contributed by atoms with Crippen molar-refractivity contribution in [2.75, 3.05) is 0 Å². The highest BCUT2D eigenvalue weighted by molar-refractivity contribution is 7.48. The molecule has 8 heteroatoms. The Bertz CT molecular complexity index is 1680. The van der Waals surface area contributed by atoms with E-state index in [9.17, 15) is 4.57 Å². The van der Waals surface area contributed by atoms with Gasteiger partial charge in [-0.1, -0.05) is 159 Å². The van der Waals surface area contributed by atoms with Gasteiger partial charge >= 0.3 is 7.82 Å². The van der Waals surface area contributed by atoms with Crippen LogP contribution in [0.25, 0.3) is 0 Å². The van der Waals surface area contributed by atoms with E-state index in [4.69, 9.17) is 27.8 Å². The van der Waals surface area contributed by atoms with Crippen LogP contribution in [0, 0.1) is 5.92 Å². The van der Waals surface area contributed by atoms with Gasteiger partial charge in [0.2, 0.25) is 0 Å². The van der Waals surface area contributed by atoms with Gasteiger partial charge in [-0.05, 0) is 40.2 Å². The molecule has 0 amide bonds. The molecule has 1 aliphatic carbocycles. The molecule has 1 fully saturated rings. The molecule has 6 rings (SSSR count). The van der Waals surface area contributed by atoms with E-state index in [1.807, 2.05) is 152 Å². The molecule has 0 radical (unpaired) electrons. The zero-order valence-electron chi connectivity index (χ0n) is 28.4. The molecule has 0 aliphatic heterocycles. The van der Waals surface area contributed by atoms with Crippen LogP contribution >= 0.6 is 7.82 Å². The Kier molecular flexibility index (Phi) is 13.2. The van der Waals surface area contributed by atoms with Crippen molar-refractivity contribution in [2.24, 2.45) is 5.92 Å². The van der Waals surface area contributed by atoms with Crippen LogP contribution in [0.5, 0.6) is 0 Å². The van der Waals surface area contributed by atoms with Gasteiger partial charge in [-0.25, -0.2) is 4.57 Å². The van der Waals surface area contributed by atoms with Crippen LogP contribution in [-0.4, -0.2) is 24.4 Å². The van der Waals surface area contributed by atoms with E-state index in [0.717, 1.165) is 27.8 Å². The highest BCUT2D eigenvalue weighted by Gasteiger charge is 2.49. The number of rotatable bonds is 17. The predicted octanol–water partition coefficient (Wildman–Crippen LogP) is 9.71. The summed E-state index contributed by atoms with van der Waals surface area (Å²) in [6, 6.07) is 49.2. The average molecular weight is 693 g/mol. The maximum atomic E-state index is 14.6. The van der Waals surface area contributed by atoms with Crippen LogP contribution in [-0.2, 0) is 65.4 Å². The Hall–Kier alpha value is -3.91. The fourth-order valence-electron chi connectivity index (χ4n) is 6.13. The molecule has 7 nitrogen and oxygen atoms in total. The largest absolute Gasteiger partial charge is 0.475 e. The van der Waals surface area contributed by atoms with Crippen LogP contribution in [0.1, 0.15) is 41.2 Å². The Morgan fingerprint density at radius 2 is 0.780 bits per heavy atom. The van der Waals surface area contributed by atoms with Crippen molar-refractivity contribution in [2.45, 2.75) is 70.8 Å². The first-order valence-electron chi connectivity index (χ1n) is 17.2. The zero-order valence-corrected chi connectivity index (χ0v) is 29.3. The van der Waals surface area contributed by atoms with Crippen LogP contribution in [0.3, 0.4) is 0 Å². The fourth-order valence-corrected chi connectivity index (χ4v) is 7.48. The number of benzene rings is 5. The van der Waals surface area contributed by atoms with Crippen molar-refractivity contribution in [3.8, 4) is 0 Å². The van der Waals surface area contributed by atoms with Crippen LogP contribution in [0.2, 0.25) is 0 Å². The number of ether oxygens (including phenoxy) is 3.